The van der Waals surface area contributed by atoms with Crippen LogP contribution in [0.25, 0.3) is 0 Å². The third kappa shape index (κ3) is 4.45. The van der Waals surface area contributed by atoms with Gasteiger partial charge in [-0.2, -0.15) is 0 Å². The topological polar surface area (TPSA) is 40.5 Å². The molecule has 100 valence electrons. The van der Waals surface area contributed by atoms with E-state index in [-0.39, 0.29) is 11.7 Å². The monoisotopic (exact) mass is 253 g/mol. The summed E-state index contributed by atoms with van der Waals surface area (Å²) in [5.74, 6) is -1.29. The van der Waals surface area contributed by atoms with Crippen LogP contribution in [0.3, 0.4) is 0 Å². The third-order valence-electron chi connectivity index (χ3n) is 3.04. The summed E-state index contributed by atoms with van der Waals surface area (Å²) in [5, 5.41) is 8.79. The number of nitrogens with zero attached hydrogens (tertiary/aromatic N) is 1. The van der Waals surface area contributed by atoms with Gasteiger partial charge in [-0.15, -0.1) is 0 Å². The van der Waals surface area contributed by atoms with Crippen LogP contribution in [-0.4, -0.2) is 29.6 Å². The van der Waals surface area contributed by atoms with Crippen molar-refractivity contribution >= 4 is 5.97 Å². The number of benzene rings is 1. The lowest BCUT2D eigenvalue weighted by atomic mass is 10.1. The minimum Gasteiger partial charge on any atom is -0.481 e. The fraction of sp³-hybridized carbons (Fsp3) is 0.500. The molecule has 0 spiro atoms. The summed E-state index contributed by atoms with van der Waals surface area (Å²) < 4.78 is 13.1. The van der Waals surface area contributed by atoms with Crippen LogP contribution in [0.2, 0.25) is 0 Å². The predicted octanol–water partition coefficient (Wildman–Crippen LogP) is 2.68. The number of halogens is 1. The molecule has 1 atom stereocenters. The van der Waals surface area contributed by atoms with Crippen LogP contribution < -0.4 is 0 Å². The second-order valence-electron chi connectivity index (χ2n) is 4.85. The molecule has 1 N–H and O–H groups in total. The maximum atomic E-state index is 13.1. The van der Waals surface area contributed by atoms with E-state index in [9.17, 15) is 9.18 Å². The van der Waals surface area contributed by atoms with Crippen molar-refractivity contribution in [3.05, 3.63) is 35.1 Å². The third-order valence-corrected chi connectivity index (χ3v) is 3.04. The standard InChI is InChI=1S/C14H20FNO2/c1-10(14(17)18)6-7-16(3)9-12-4-5-13(15)11(2)8-12/h4-5,8,10H,6-7,9H2,1-3H3,(H,17,18). The highest BCUT2D eigenvalue weighted by Crippen LogP contribution is 2.12. The zero-order chi connectivity index (χ0) is 13.7. The van der Waals surface area contributed by atoms with E-state index in [1.54, 1.807) is 19.9 Å². The Morgan fingerprint density at radius 3 is 2.72 bits per heavy atom. The molecule has 3 nitrogen and oxygen atoms in total. The van der Waals surface area contributed by atoms with E-state index in [1.807, 2.05) is 18.0 Å². The quantitative estimate of drug-likeness (QED) is 0.847. The fourth-order valence-electron chi connectivity index (χ4n) is 1.73. The molecule has 0 aliphatic carbocycles. The van der Waals surface area contributed by atoms with Crippen molar-refractivity contribution in [2.24, 2.45) is 5.92 Å². The summed E-state index contributed by atoms with van der Waals surface area (Å²) >= 11 is 0. The average Bonchev–Trinajstić information content (AvgIpc) is 2.30. The van der Waals surface area contributed by atoms with Crippen LogP contribution >= 0.6 is 0 Å². The van der Waals surface area contributed by atoms with Gasteiger partial charge in [0.05, 0.1) is 5.92 Å². The number of carboxylic acids is 1. The number of hydrogen-bond donors (Lipinski definition) is 1. The second-order valence-corrected chi connectivity index (χ2v) is 4.85. The van der Waals surface area contributed by atoms with Crippen molar-refractivity contribution in [2.45, 2.75) is 26.8 Å². The number of rotatable bonds is 6. The van der Waals surface area contributed by atoms with Gasteiger partial charge in [0.25, 0.3) is 0 Å². The van der Waals surface area contributed by atoms with Gasteiger partial charge in [0.1, 0.15) is 5.82 Å². The largest absolute Gasteiger partial charge is 0.481 e. The molecule has 4 heteroatoms. The van der Waals surface area contributed by atoms with Gasteiger partial charge in [-0.05, 0) is 44.1 Å². The van der Waals surface area contributed by atoms with E-state index < -0.39 is 5.97 Å². The number of carbonyl (C=O) groups is 1. The van der Waals surface area contributed by atoms with Crippen molar-refractivity contribution in [1.29, 1.82) is 0 Å². The molecule has 0 amide bonds. The van der Waals surface area contributed by atoms with Crippen molar-refractivity contribution in [2.75, 3.05) is 13.6 Å². The van der Waals surface area contributed by atoms with Gasteiger partial charge < -0.3 is 10.0 Å². The molecule has 0 aliphatic heterocycles. The van der Waals surface area contributed by atoms with Crippen molar-refractivity contribution < 1.29 is 14.3 Å². The van der Waals surface area contributed by atoms with Gasteiger partial charge in [0.15, 0.2) is 0 Å². The van der Waals surface area contributed by atoms with E-state index in [0.29, 0.717) is 25.1 Å². The molecule has 0 aliphatic rings. The highest BCUT2D eigenvalue weighted by molar-refractivity contribution is 5.69. The normalized spacial score (nSPS) is 12.7. The van der Waals surface area contributed by atoms with Gasteiger partial charge in [-0.3, -0.25) is 4.79 Å². The Morgan fingerprint density at radius 1 is 1.50 bits per heavy atom. The fourth-order valence-corrected chi connectivity index (χ4v) is 1.73. The van der Waals surface area contributed by atoms with Crippen molar-refractivity contribution in [1.82, 2.24) is 4.90 Å². The Morgan fingerprint density at radius 2 is 2.17 bits per heavy atom. The molecule has 0 radical (unpaired) electrons. The van der Waals surface area contributed by atoms with Crippen LogP contribution in [0.1, 0.15) is 24.5 Å². The molecule has 0 saturated heterocycles. The summed E-state index contributed by atoms with van der Waals surface area (Å²) in [6.45, 7) is 4.86. The van der Waals surface area contributed by atoms with E-state index in [0.717, 1.165) is 5.56 Å². The van der Waals surface area contributed by atoms with Crippen molar-refractivity contribution in [3.63, 3.8) is 0 Å². The Hall–Kier alpha value is -1.42. The Balaban J connectivity index is 2.46. The molecule has 0 aromatic heterocycles. The minimum absolute atomic E-state index is 0.194. The first-order valence-electron chi connectivity index (χ1n) is 6.06. The Bertz CT molecular complexity index is 420. The van der Waals surface area contributed by atoms with Gasteiger partial charge >= 0.3 is 5.97 Å². The average molecular weight is 253 g/mol. The van der Waals surface area contributed by atoms with E-state index in [4.69, 9.17) is 5.11 Å². The Kier molecular flexibility index (Phi) is 5.28. The van der Waals surface area contributed by atoms with Gasteiger partial charge in [0.2, 0.25) is 0 Å². The molecular formula is C14H20FNO2. The van der Waals surface area contributed by atoms with Crippen LogP contribution in [0, 0.1) is 18.7 Å². The lowest BCUT2D eigenvalue weighted by Crippen LogP contribution is -2.23. The zero-order valence-electron chi connectivity index (χ0n) is 11.1. The number of aliphatic carboxylic acids is 1. The molecule has 18 heavy (non-hydrogen) atoms. The molecule has 1 unspecified atom stereocenters. The summed E-state index contributed by atoms with van der Waals surface area (Å²) in [6, 6.07) is 5.06. The molecule has 0 saturated carbocycles. The highest BCUT2D eigenvalue weighted by atomic mass is 19.1. The van der Waals surface area contributed by atoms with E-state index in [2.05, 4.69) is 0 Å². The van der Waals surface area contributed by atoms with E-state index in [1.165, 1.54) is 6.07 Å². The van der Waals surface area contributed by atoms with Gasteiger partial charge in [-0.25, -0.2) is 4.39 Å². The summed E-state index contributed by atoms with van der Waals surface area (Å²) in [4.78, 5) is 12.7. The highest BCUT2D eigenvalue weighted by Gasteiger charge is 2.11. The molecule has 0 heterocycles. The molecule has 0 fully saturated rings. The van der Waals surface area contributed by atoms with Crippen LogP contribution in [0.15, 0.2) is 18.2 Å². The van der Waals surface area contributed by atoms with Crippen LogP contribution in [0.4, 0.5) is 4.39 Å². The smallest absolute Gasteiger partial charge is 0.306 e. The SMILES string of the molecule is Cc1cc(CN(C)CCC(C)C(=O)O)ccc1F. The summed E-state index contributed by atoms with van der Waals surface area (Å²) in [5.41, 5.74) is 1.68. The molecule has 1 rings (SSSR count). The minimum atomic E-state index is -0.763. The molecule has 1 aromatic rings. The second kappa shape index (κ2) is 6.50. The first kappa shape index (κ1) is 14.6. The van der Waals surface area contributed by atoms with Gasteiger partial charge in [-0.1, -0.05) is 19.1 Å². The zero-order valence-corrected chi connectivity index (χ0v) is 11.1. The maximum absolute atomic E-state index is 13.1. The lowest BCUT2D eigenvalue weighted by molar-refractivity contribution is -0.141. The lowest BCUT2D eigenvalue weighted by Gasteiger charge is -2.18. The van der Waals surface area contributed by atoms with E-state index >= 15 is 0 Å². The Labute approximate surface area is 107 Å². The summed E-state index contributed by atoms with van der Waals surface area (Å²) in [6.07, 6.45) is 0.617. The first-order valence-corrected chi connectivity index (χ1v) is 6.06. The first-order chi connectivity index (χ1) is 8.40. The molecule has 1 aromatic carbocycles. The van der Waals surface area contributed by atoms with Crippen LogP contribution in [-0.2, 0) is 11.3 Å². The predicted molar refractivity (Wildman–Crippen MR) is 68.9 cm³/mol. The van der Waals surface area contributed by atoms with Gasteiger partial charge in [0, 0.05) is 6.54 Å². The van der Waals surface area contributed by atoms with Crippen LogP contribution in [0.5, 0.6) is 0 Å². The number of hydrogen-bond acceptors (Lipinski definition) is 2. The number of carboxylic acid groups (broad SMARTS) is 1. The summed E-state index contributed by atoms with van der Waals surface area (Å²) in [7, 11) is 1.94. The van der Waals surface area contributed by atoms with Crippen molar-refractivity contribution in [3.8, 4) is 0 Å². The molecule has 0 bridgehead atoms. The maximum Gasteiger partial charge on any atom is 0.306 e. The number of aryl methyl sites for hydroxylation is 1. The molecular weight excluding hydrogens is 233 g/mol.